The van der Waals surface area contributed by atoms with E-state index in [2.05, 4.69) is 0 Å². The summed E-state index contributed by atoms with van der Waals surface area (Å²) < 4.78 is 0. The van der Waals surface area contributed by atoms with E-state index in [1.807, 2.05) is 70.1 Å². The van der Waals surface area contributed by atoms with Gasteiger partial charge in [-0.1, -0.05) is 32.9 Å². The van der Waals surface area contributed by atoms with Crippen LogP contribution in [-0.4, -0.2) is 84.0 Å². The number of ketones is 4. The number of aliphatic hydroxyl groups is 1. The van der Waals surface area contributed by atoms with Crippen molar-refractivity contribution >= 4 is 34.7 Å². The molecule has 228 valence electrons. The minimum absolute atomic E-state index is 0.00465. The van der Waals surface area contributed by atoms with E-state index >= 15 is 0 Å². The van der Waals surface area contributed by atoms with Crippen LogP contribution < -0.4 is 10.6 Å². The zero-order valence-corrected chi connectivity index (χ0v) is 25.6. The number of aromatic hydroxyl groups is 1. The smallest absolute Gasteiger partial charge is 0.235 e. The summed E-state index contributed by atoms with van der Waals surface area (Å²) in [5.74, 6) is -10.5. The van der Waals surface area contributed by atoms with Crippen molar-refractivity contribution in [1.82, 2.24) is 4.90 Å². The van der Waals surface area contributed by atoms with E-state index in [-0.39, 0.29) is 24.2 Å². The van der Waals surface area contributed by atoms with Crippen LogP contribution in [0.25, 0.3) is 11.1 Å². The Balaban J connectivity index is 1.71. The summed E-state index contributed by atoms with van der Waals surface area (Å²) in [5.41, 5.74) is 5.76. The van der Waals surface area contributed by atoms with Crippen LogP contribution >= 0.6 is 0 Å². The highest BCUT2D eigenvalue weighted by molar-refractivity contribution is 6.32. The Hall–Kier alpha value is -3.89. The number of primary amides is 1. The molecule has 0 saturated heterocycles. The Morgan fingerprint density at radius 1 is 1.00 bits per heavy atom. The minimum atomic E-state index is -2.75. The molecule has 10 heteroatoms. The molecule has 2 saturated carbocycles. The van der Waals surface area contributed by atoms with Crippen molar-refractivity contribution < 1.29 is 34.2 Å². The summed E-state index contributed by atoms with van der Waals surface area (Å²) in [6, 6.07) is 8.55. The molecule has 2 aromatic rings. The zero-order chi connectivity index (χ0) is 31.9. The number of carbonyl (C=O) groups is 5. The van der Waals surface area contributed by atoms with Crippen LogP contribution in [0.3, 0.4) is 0 Å². The molecule has 2 fully saturated rings. The molecule has 0 heterocycles. The average molecular weight is 590 g/mol. The summed E-state index contributed by atoms with van der Waals surface area (Å²) in [4.78, 5) is 71.1. The lowest BCUT2D eigenvalue weighted by atomic mass is 9.52. The molecule has 3 aliphatic rings. The number of likely N-dealkylation sites (N-methyl/N-ethyl adjacent to an activating group) is 1. The number of carbonyl (C=O) groups excluding carboxylic acids is 5. The molecule has 0 radical (unpaired) electrons. The fourth-order valence-corrected chi connectivity index (χ4v) is 7.44. The monoisotopic (exact) mass is 589 g/mol. The Kier molecular flexibility index (Phi) is 7.17. The Labute approximate surface area is 250 Å². The predicted octanol–water partition coefficient (Wildman–Crippen LogP) is 1.90. The van der Waals surface area contributed by atoms with Gasteiger partial charge in [0.25, 0.3) is 0 Å². The molecular formula is C33H39N3O7. The van der Waals surface area contributed by atoms with Crippen LogP contribution in [0.15, 0.2) is 30.3 Å². The fraction of sp³-hybridized carbons (Fsp3) is 0.485. The number of phenolic OH excluding ortho intramolecular Hbond substituents is 1. The van der Waals surface area contributed by atoms with Gasteiger partial charge in [-0.25, -0.2) is 0 Å². The topological polar surface area (TPSA) is 158 Å². The van der Waals surface area contributed by atoms with Crippen molar-refractivity contribution in [2.75, 3.05) is 33.1 Å². The summed E-state index contributed by atoms with van der Waals surface area (Å²) in [5, 5.41) is 23.4. The summed E-state index contributed by atoms with van der Waals surface area (Å²) in [6.45, 7) is 5.73. The maximum absolute atomic E-state index is 14.3. The van der Waals surface area contributed by atoms with E-state index in [1.165, 1.54) is 4.90 Å². The number of nitrogens with zero attached hydrogens (tertiary/aromatic N) is 2. The standard InChI is InChI=1S/C33H39N3O7/c1-32(2,3)21-14-18(15-8-10-17(11-9-15)35(4)5)19-12-16-13-20-25(36(6)7)28(39)24(31(34)42)30(41)33(20,43)29(40)22(16)27(38)23(19)26(21)37/h8-11,14,16,20,22,24-25,37,43H,12-13H2,1-7H3,(H2,34,42)/t16-,20-,22?,24?,25-,33-/m1/s1. The van der Waals surface area contributed by atoms with Crippen LogP contribution in [0.4, 0.5) is 5.69 Å². The Morgan fingerprint density at radius 2 is 1.60 bits per heavy atom. The molecule has 10 nitrogen and oxygen atoms in total. The molecule has 4 N–H and O–H groups in total. The van der Waals surface area contributed by atoms with Crippen molar-refractivity contribution in [3.05, 3.63) is 47.0 Å². The highest BCUT2D eigenvalue weighted by Gasteiger charge is 2.69. The molecule has 5 rings (SSSR count). The number of phenols is 1. The third-order valence-corrected chi connectivity index (χ3v) is 9.56. The third kappa shape index (κ3) is 4.41. The number of hydrogen-bond acceptors (Lipinski definition) is 9. The lowest BCUT2D eigenvalue weighted by Gasteiger charge is -2.52. The Morgan fingerprint density at radius 3 is 2.12 bits per heavy atom. The van der Waals surface area contributed by atoms with Crippen LogP contribution in [0.2, 0.25) is 0 Å². The number of hydrogen-bond donors (Lipinski definition) is 3. The molecular weight excluding hydrogens is 550 g/mol. The summed E-state index contributed by atoms with van der Waals surface area (Å²) in [7, 11) is 7.00. The first-order chi connectivity index (χ1) is 19.9. The molecule has 6 atom stereocenters. The maximum Gasteiger partial charge on any atom is 0.235 e. The van der Waals surface area contributed by atoms with E-state index < -0.39 is 69.8 Å². The molecule has 2 unspecified atom stereocenters. The van der Waals surface area contributed by atoms with E-state index in [1.54, 1.807) is 14.1 Å². The van der Waals surface area contributed by atoms with Crippen LogP contribution in [0.1, 0.15) is 48.7 Å². The number of benzene rings is 2. The summed E-state index contributed by atoms with van der Waals surface area (Å²) in [6.07, 6.45) is 0.208. The van der Waals surface area contributed by atoms with Gasteiger partial charge in [0, 0.05) is 31.3 Å². The van der Waals surface area contributed by atoms with Gasteiger partial charge >= 0.3 is 0 Å². The van der Waals surface area contributed by atoms with Crippen LogP contribution in [0, 0.1) is 23.7 Å². The van der Waals surface area contributed by atoms with Gasteiger partial charge in [-0.3, -0.25) is 28.9 Å². The van der Waals surface area contributed by atoms with Gasteiger partial charge in [0.1, 0.15) is 5.75 Å². The van der Waals surface area contributed by atoms with Gasteiger partial charge in [0.05, 0.1) is 17.5 Å². The van der Waals surface area contributed by atoms with E-state index in [4.69, 9.17) is 5.73 Å². The van der Waals surface area contributed by atoms with Gasteiger partial charge < -0.3 is 20.8 Å². The van der Waals surface area contributed by atoms with Gasteiger partial charge in [0.15, 0.2) is 34.7 Å². The molecule has 0 bridgehead atoms. The van der Waals surface area contributed by atoms with Crippen molar-refractivity contribution in [2.24, 2.45) is 29.4 Å². The second-order valence-electron chi connectivity index (χ2n) is 13.7. The lowest BCUT2D eigenvalue weighted by molar-refractivity contribution is -0.181. The highest BCUT2D eigenvalue weighted by atomic mass is 16.3. The molecule has 43 heavy (non-hydrogen) atoms. The molecule has 1 amide bonds. The fourth-order valence-electron chi connectivity index (χ4n) is 7.44. The summed E-state index contributed by atoms with van der Waals surface area (Å²) >= 11 is 0. The minimum Gasteiger partial charge on any atom is -0.507 e. The highest BCUT2D eigenvalue weighted by Crippen LogP contribution is 2.53. The Bertz CT molecular complexity index is 1570. The van der Waals surface area contributed by atoms with Crippen LogP contribution in [0.5, 0.6) is 5.75 Å². The van der Waals surface area contributed by atoms with E-state index in [0.29, 0.717) is 11.1 Å². The molecule has 0 aliphatic heterocycles. The quantitative estimate of drug-likeness (QED) is 0.453. The second kappa shape index (κ2) is 10.1. The molecule has 0 spiro atoms. The third-order valence-electron chi connectivity index (χ3n) is 9.56. The lowest BCUT2D eigenvalue weighted by Crippen LogP contribution is -2.74. The van der Waals surface area contributed by atoms with Crippen molar-refractivity contribution in [2.45, 2.75) is 50.7 Å². The zero-order valence-electron chi connectivity index (χ0n) is 25.6. The maximum atomic E-state index is 14.3. The van der Waals surface area contributed by atoms with Gasteiger partial charge in [-0.15, -0.1) is 0 Å². The predicted molar refractivity (Wildman–Crippen MR) is 160 cm³/mol. The average Bonchev–Trinajstić information content (AvgIpc) is 2.90. The molecule has 3 aliphatic carbocycles. The number of amides is 1. The van der Waals surface area contributed by atoms with E-state index in [0.717, 1.165) is 16.8 Å². The normalized spacial score (nSPS) is 28.8. The molecule has 0 aromatic heterocycles. The largest absolute Gasteiger partial charge is 0.507 e. The van der Waals surface area contributed by atoms with Crippen molar-refractivity contribution in [3.63, 3.8) is 0 Å². The van der Waals surface area contributed by atoms with Gasteiger partial charge in [-0.05, 0) is 73.2 Å². The first-order valence-electron chi connectivity index (χ1n) is 14.4. The molecule has 2 aromatic carbocycles. The number of Topliss-reactive ketones (excluding diaryl/α,β-unsaturated/α-hetero) is 4. The van der Waals surface area contributed by atoms with Gasteiger partial charge in [-0.2, -0.15) is 0 Å². The first kappa shape index (κ1) is 30.6. The van der Waals surface area contributed by atoms with Crippen molar-refractivity contribution in [3.8, 4) is 16.9 Å². The number of rotatable bonds is 4. The first-order valence-corrected chi connectivity index (χ1v) is 14.4. The SMILES string of the molecule is CN(C)c1ccc(-c2cc(C(C)(C)C)c(O)c3c2C[C@@H]2C[C@@H]4[C@@H](N(C)C)C(=O)C(C(N)=O)C(=O)[C@]4(O)C(=O)C2C3=O)cc1. The van der Waals surface area contributed by atoms with Gasteiger partial charge in [0.2, 0.25) is 5.91 Å². The van der Waals surface area contributed by atoms with Crippen LogP contribution in [-0.2, 0) is 31.0 Å². The number of anilines is 1. The van der Waals surface area contributed by atoms with E-state index in [9.17, 15) is 34.2 Å². The van der Waals surface area contributed by atoms with Crippen molar-refractivity contribution in [1.29, 1.82) is 0 Å². The number of nitrogens with two attached hydrogens (primary N) is 1. The number of fused-ring (bicyclic) bond motifs is 3. The second-order valence-corrected chi connectivity index (χ2v) is 13.7.